The van der Waals surface area contributed by atoms with E-state index in [2.05, 4.69) is 5.32 Å². The first-order valence-corrected chi connectivity index (χ1v) is 11.8. The maximum atomic E-state index is 13.2. The standard InChI is InChI=1S/C27H24N2O7/c30-26(21-5-2-10-29(21)27(31)18-6-8-22-24(12-18)35-15-33-22)28-19-4-1-3-17(11-19)14-32-20-7-9-23-25(13-20)36-16-34-23/h1,3-4,6-9,11-13,21H,2,5,10,14-16H2,(H,28,30). The van der Waals surface area contributed by atoms with Crippen molar-refractivity contribution in [3.8, 4) is 28.7 Å². The Morgan fingerprint density at radius 3 is 2.47 bits per heavy atom. The van der Waals surface area contributed by atoms with Crippen molar-refractivity contribution in [3.05, 3.63) is 71.8 Å². The minimum atomic E-state index is -0.545. The van der Waals surface area contributed by atoms with Crippen LogP contribution in [-0.2, 0) is 11.4 Å². The fraction of sp³-hybridized carbons (Fsp3) is 0.259. The smallest absolute Gasteiger partial charge is 0.254 e. The second-order valence-electron chi connectivity index (χ2n) is 8.72. The number of rotatable bonds is 6. The van der Waals surface area contributed by atoms with Crippen molar-refractivity contribution in [1.29, 1.82) is 0 Å². The first-order valence-electron chi connectivity index (χ1n) is 11.8. The lowest BCUT2D eigenvalue weighted by Gasteiger charge is -2.24. The summed E-state index contributed by atoms with van der Waals surface area (Å²) >= 11 is 0. The number of ether oxygens (including phenoxy) is 5. The number of hydrogen-bond acceptors (Lipinski definition) is 7. The summed E-state index contributed by atoms with van der Waals surface area (Å²) in [6, 6.07) is 17.4. The van der Waals surface area contributed by atoms with Crippen LogP contribution in [0.1, 0.15) is 28.8 Å². The number of nitrogens with zero attached hydrogens (tertiary/aromatic N) is 1. The molecule has 0 aliphatic carbocycles. The van der Waals surface area contributed by atoms with Gasteiger partial charge >= 0.3 is 0 Å². The van der Waals surface area contributed by atoms with Crippen LogP contribution >= 0.6 is 0 Å². The molecule has 1 atom stereocenters. The zero-order valence-electron chi connectivity index (χ0n) is 19.4. The lowest BCUT2D eigenvalue weighted by Crippen LogP contribution is -2.43. The predicted molar refractivity (Wildman–Crippen MR) is 129 cm³/mol. The highest BCUT2D eigenvalue weighted by Crippen LogP contribution is 2.36. The molecule has 1 unspecified atom stereocenters. The summed E-state index contributed by atoms with van der Waals surface area (Å²) in [6.07, 6.45) is 1.37. The van der Waals surface area contributed by atoms with Gasteiger partial charge < -0.3 is 33.9 Å². The summed E-state index contributed by atoms with van der Waals surface area (Å²) in [5, 5.41) is 2.96. The molecule has 0 saturated carbocycles. The molecule has 2 amide bonds. The summed E-state index contributed by atoms with van der Waals surface area (Å²) in [5.74, 6) is 2.77. The van der Waals surface area contributed by atoms with Crippen molar-refractivity contribution in [2.45, 2.75) is 25.5 Å². The fourth-order valence-corrected chi connectivity index (χ4v) is 4.58. The molecule has 1 saturated heterocycles. The molecular weight excluding hydrogens is 464 g/mol. The number of fused-ring (bicyclic) bond motifs is 2. The largest absolute Gasteiger partial charge is 0.489 e. The monoisotopic (exact) mass is 488 g/mol. The van der Waals surface area contributed by atoms with E-state index in [1.165, 1.54) is 0 Å². The third-order valence-corrected chi connectivity index (χ3v) is 6.38. The summed E-state index contributed by atoms with van der Waals surface area (Å²) in [7, 11) is 0. The molecule has 36 heavy (non-hydrogen) atoms. The Kier molecular flexibility index (Phi) is 5.73. The first kappa shape index (κ1) is 22.1. The number of amides is 2. The van der Waals surface area contributed by atoms with Gasteiger partial charge in [0.15, 0.2) is 23.0 Å². The quantitative estimate of drug-likeness (QED) is 0.561. The maximum absolute atomic E-state index is 13.2. The fourth-order valence-electron chi connectivity index (χ4n) is 4.58. The first-order chi connectivity index (χ1) is 17.6. The number of benzene rings is 3. The van der Waals surface area contributed by atoms with E-state index in [0.29, 0.717) is 59.6 Å². The minimum Gasteiger partial charge on any atom is -0.489 e. The Morgan fingerprint density at radius 2 is 1.64 bits per heavy atom. The molecular formula is C27H24N2O7. The molecule has 184 valence electrons. The Balaban J connectivity index is 1.10. The van der Waals surface area contributed by atoms with Gasteiger partial charge in [-0.3, -0.25) is 9.59 Å². The lowest BCUT2D eigenvalue weighted by molar-refractivity contribution is -0.119. The van der Waals surface area contributed by atoms with E-state index in [9.17, 15) is 9.59 Å². The highest BCUT2D eigenvalue weighted by molar-refractivity contribution is 6.01. The van der Waals surface area contributed by atoms with Gasteiger partial charge in [-0.05, 0) is 60.9 Å². The minimum absolute atomic E-state index is 0.141. The van der Waals surface area contributed by atoms with Gasteiger partial charge in [-0.25, -0.2) is 0 Å². The Hall–Kier alpha value is -4.40. The highest BCUT2D eigenvalue weighted by Gasteiger charge is 2.35. The molecule has 0 aromatic heterocycles. The Morgan fingerprint density at radius 1 is 0.889 bits per heavy atom. The van der Waals surface area contributed by atoms with Crippen LogP contribution < -0.4 is 29.0 Å². The molecule has 0 radical (unpaired) electrons. The van der Waals surface area contributed by atoms with Gasteiger partial charge in [0.2, 0.25) is 19.5 Å². The van der Waals surface area contributed by atoms with E-state index in [0.717, 1.165) is 12.0 Å². The van der Waals surface area contributed by atoms with Crippen LogP contribution in [0.5, 0.6) is 28.7 Å². The number of likely N-dealkylation sites (tertiary alicyclic amines) is 1. The van der Waals surface area contributed by atoms with E-state index >= 15 is 0 Å². The predicted octanol–water partition coefficient (Wildman–Crippen LogP) is 3.97. The molecule has 9 nitrogen and oxygen atoms in total. The van der Waals surface area contributed by atoms with Crippen LogP contribution in [0.15, 0.2) is 60.7 Å². The molecule has 3 aliphatic rings. The van der Waals surface area contributed by atoms with Crippen molar-refractivity contribution >= 4 is 17.5 Å². The number of hydrogen-bond donors (Lipinski definition) is 1. The zero-order chi connectivity index (χ0) is 24.5. The van der Waals surface area contributed by atoms with E-state index in [1.54, 1.807) is 29.2 Å². The number of carbonyl (C=O) groups excluding carboxylic acids is 2. The number of nitrogens with one attached hydrogen (secondary N) is 1. The number of carbonyl (C=O) groups is 2. The maximum Gasteiger partial charge on any atom is 0.254 e. The molecule has 0 bridgehead atoms. The van der Waals surface area contributed by atoms with Crippen molar-refractivity contribution in [1.82, 2.24) is 4.90 Å². The molecule has 3 aliphatic heterocycles. The van der Waals surface area contributed by atoms with Gasteiger partial charge in [0, 0.05) is 23.9 Å². The van der Waals surface area contributed by atoms with Gasteiger partial charge in [-0.1, -0.05) is 12.1 Å². The second kappa shape index (κ2) is 9.33. The third kappa shape index (κ3) is 4.35. The van der Waals surface area contributed by atoms with Gasteiger partial charge in [0.05, 0.1) is 0 Å². The van der Waals surface area contributed by atoms with Gasteiger partial charge in [0.25, 0.3) is 5.91 Å². The Labute approximate surface area is 207 Å². The van der Waals surface area contributed by atoms with Gasteiger partial charge in [-0.15, -0.1) is 0 Å². The molecule has 1 fully saturated rings. The molecule has 6 rings (SSSR count). The van der Waals surface area contributed by atoms with Crippen LogP contribution in [0.3, 0.4) is 0 Å². The van der Waals surface area contributed by atoms with Crippen LogP contribution in [0.2, 0.25) is 0 Å². The van der Waals surface area contributed by atoms with Crippen molar-refractivity contribution in [2.75, 3.05) is 25.4 Å². The van der Waals surface area contributed by atoms with Crippen LogP contribution in [-0.4, -0.2) is 42.9 Å². The molecule has 3 aromatic carbocycles. The molecule has 0 spiro atoms. The van der Waals surface area contributed by atoms with E-state index in [4.69, 9.17) is 23.7 Å². The average molecular weight is 488 g/mol. The van der Waals surface area contributed by atoms with Gasteiger partial charge in [-0.2, -0.15) is 0 Å². The van der Waals surface area contributed by atoms with Crippen LogP contribution in [0.4, 0.5) is 5.69 Å². The summed E-state index contributed by atoms with van der Waals surface area (Å²) in [4.78, 5) is 27.9. The van der Waals surface area contributed by atoms with Crippen LogP contribution in [0.25, 0.3) is 0 Å². The Bertz CT molecular complexity index is 1330. The van der Waals surface area contributed by atoms with Crippen molar-refractivity contribution < 1.29 is 33.3 Å². The van der Waals surface area contributed by atoms with Crippen molar-refractivity contribution in [2.24, 2.45) is 0 Å². The normalized spacial score (nSPS) is 17.2. The number of anilines is 1. The zero-order valence-corrected chi connectivity index (χ0v) is 19.4. The summed E-state index contributed by atoms with van der Waals surface area (Å²) < 4.78 is 27.3. The molecule has 3 heterocycles. The van der Waals surface area contributed by atoms with Crippen molar-refractivity contribution in [3.63, 3.8) is 0 Å². The SMILES string of the molecule is O=C(Nc1cccc(COc2ccc3c(c2)OCO3)c1)C1CCCN1C(=O)c1ccc2c(c1)OCO2. The van der Waals surface area contributed by atoms with E-state index in [-0.39, 0.29) is 25.4 Å². The lowest BCUT2D eigenvalue weighted by atomic mass is 10.1. The summed E-state index contributed by atoms with van der Waals surface area (Å²) in [6.45, 7) is 1.19. The second-order valence-corrected chi connectivity index (χ2v) is 8.72. The van der Waals surface area contributed by atoms with E-state index < -0.39 is 6.04 Å². The average Bonchev–Trinajstić information content (AvgIpc) is 3.67. The van der Waals surface area contributed by atoms with E-state index in [1.807, 2.05) is 36.4 Å². The topological polar surface area (TPSA) is 95.6 Å². The molecule has 1 N–H and O–H groups in total. The highest BCUT2D eigenvalue weighted by atomic mass is 16.7. The summed E-state index contributed by atoms with van der Waals surface area (Å²) in [5.41, 5.74) is 2.01. The molecule has 9 heteroatoms. The van der Waals surface area contributed by atoms with Crippen LogP contribution in [0, 0.1) is 0 Å². The third-order valence-electron chi connectivity index (χ3n) is 6.38. The van der Waals surface area contributed by atoms with Gasteiger partial charge in [0.1, 0.15) is 18.4 Å². The molecule has 3 aromatic rings.